The average Bonchev–Trinajstić information content (AvgIpc) is 3.08. The number of Topliss-reactive ketones (excluding diaryl/α,β-unsaturated/α-hetero) is 1. The van der Waals surface area contributed by atoms with E-state index in [1.807, 2.05) is 0 Å². The number of fused-ring (bicyclic) bond motifs is 5. The normalized spacial score (nSPS) is 32.3. The number of halogens is 1. The number of alkyl halides is 1. The molecule has 3 aliphatic rings. The van der Waals surface area contributed by atoms with E-state index in [4.69, 9.17) is 4.74 Å². The number of hydrogen-bond acceptors (Lipinski definition) is 2. The number of hydrogen-bond donors (Lipinski definition) is 0. The van der Waals surface area contributed by atoms with Gasteiger partial charge in [0.15, 0.2) is 0 Å². The first kappa shape index (κ1) is 20.5. The Balaban J connectivity index is 1.51. The Hall–Kier alpha value is -1.36. The summed E-state index contributed by atoms with van der Waals surface area (Å²) >= 11 is 2.39. The largest absolute Gasteiger partial charge is 0.494 e. The van der Waals surface area contributed by atoms with Gasteiger partial charge in [0.1, 0.15) is 11.5 Å². The minimum atomic E-state index is -0.145. The highest BCUT2D eigenvalue weighted by molar-refractivity contribution is 14.1. The highest BCUT2D eigenvalue weighted by atomic mass is 127. The number of ketones is 1. The van der Waals surface area contributed by atoms with Crippen molar-refractivity contribution in [2.75, 3.05) is 11.0 Å². The highest BCUT2D eigenvalue weighted by Crippen LogP contribution is 2.63. The van der Waals surface area contributed by atoms with Crippen LogP contribution < -0.4 is 4.74 Å². The zero-order valence-electron chi connectivity index (χ0n) is 17.8. The van der Waals surface area contributed by atoms with E-state index in [1.54, 1.807) is 5.56 Å². The molecule has 5 rings (SSSR count). The number of benzene rings is 2. The lowest BCUT2D eigenvalue weighted by atomic mass is 9.51. The number of rotatable bonds is 5. The van der Waals surface area contributed by atoms with Gasteiger partial charge in [0, 0.05) is 16.3 Å². The lowest BCUT2D eigenvalue weighted by molar-refractivity contribution is -0.130. The van der Waals surface area contributed by atoms with Crippen LogP contribution in [0.4, 0.5) is 0 Å². The molecule has 0 saturated heterocycles. The van der Waals surface area contributed by atoms with E-state index in [0.717, 1.165) is 48.9 Å². The van der Waals surface area contributed by atoms with Crippen molar-refractivity contribution in [3.05, 3.63) is 65.2 Å². The van der Waals surface area contributed by atoms with E-state index in [0.29, 0.717) is 29.5 Å². The maximum absolute atomic E-state index is 13.0. The molecule has 0 N–H and O–H groups in total. The molecule has 2 fully saturated rings. The number of ether oxygens (including phenoxy) is 1. The second-order valence-electron chi connectivity index (χ2n) is 9.68. The third-order valence-electron chi connectivity index (χ3n) is 8.21. The van der Waals surface area contributed by atoms with Crippen LogP contribution in [0.2, 0.25) is 0 Å². The molecule has 0 bridgehead atoms. The van der Waals surface area contributed by atoms with Crippen molar-refractivity contribution < 1.29 is 9.53 Å². The smallest absolute Gasteiger partial charge is 0.139 e. The van der Waals surface area contributed by atoms with E-state index in [9.17, 15) is 4.79 Å². The molecule has 2 nitrogen and oxygen atoms in total. The Morgan fingerprint density at radius 2 is 1.87 bits per heavy atom. The van der Waals surface area contributed by atoms with Crippen molar-refractivity contribution in [1.29, 1.82) is 0 Å². The van der Waals surface area contributed by atoms with Crippen molar-refractivity contribution in [3.63, 3.8) is 0 Å². The Morgan fingerprint density at radius 3 is 2.67 bits per heavy atom. The van der Waals surface area contributed by atoms with Crippen molar-refractivity contribution >= 4 is 28.4 Å². The predicted molar refractivity (Wildman–Crippen MR) is 130 cm³/mol. The number of carbonyl (C=O) groups is 1. The molecule has 0 unspecified atom stereocenters. The van der Waals surface area contributed by atoms with Crippen LogP contribution in [0.1, 0.15) is 67.6 Å². The Labute approximate surface area is 193 Å². The zero-order valence-corrected chi connectivity index (χ0v) is 19.9. The minimum absolute atomic E-state index is 0.145. The Kier molecular flexibility index (Phi) is 5.68. The summed E-state index contributed by atoms with van der Waals surface area (Å²) in [6.07, 6.45) is 6.32. The third kappa shape index (κ3) is 3.41. The molecule has 5 atom stereocenters. The van der Waals surface area contributed by atoms with Gasteiger partial charge in [-0.25, -0.2) is 0 Å². The fraction of sp³-hybridized carbons (Fsp3) is 0.519. The quantitative estimate of drug-likeness (QED) is 0.252. The van der Waals surface area contributed by atoms with Gasteiger partial charge in [-0.05, 0) is 84.6 Å². The summed E-state index contributed by atoms with van der Waals surface area (Å²) in [4.78, 5) is 13.0. The lowest BCUT2D eigenvalue weighted by Crippen LogP contribution is -2.45. The average molecular weight is 514 g/mol. The molecule has 0 radical (unpaired) electrons. The van der Waals surface area contributed by atoms with E-state index < -0.39 is 0 Å². The standard InChI is InChI=1S/C27H31IO2/c1-27-17-23(19-7-10-20(11-8-19)30-16-4-15-28)26-21-6-3-2-5-18(21)9-12-22(26)24(27)13-14-25(27)29/h2-3,5-8,10-11,22-24,26H,4,9,12-17H2,1H3/t22-,23+,24-,26+,27-/m0/s1. The maximum atomic E-state index is 13.0. The van der Waals surface area contributed by atoms with Crippen LogP contribution >= 0.6 is 22.6 Å². The molecule has 0 aromatic heterocycles. The summed E-state index contributed by atoms with van der Waals surface area (Å²) < 4.78 is 7.02. The minimum Gasteiger partial charge on any atom is -0.494 e. The van der Waals surface area contributed by atoms with Gasteiger partial charge < -0.3 is 4.74 Å². The first-order valence-corrected chi connectivity index (χ1v) is 13.0. The molecule has 3 heteroatoms. The summed E-state index contributed by atoms with van der Waals surface area (Å²) in [5.74, 6) is 3.58. The first-order valence-electron chi connectivity index (χ1n) is 11.5. The molecule has 0 heterocycles. The van der Waals surface area contributed by atoms with E-state index in [1.165, 1.54) is 17.5 Å². The fourth-order valence-corrected chi connectivity index (χ4v) is 7.11. The second-order valence-corrected chi connectivity index (χ2v) is 10.8. The van der Waals surface area contributed by atoms with Crippen LogP contribution in [0.15, 0.2) is 48.5 Å². The van der Waals surface area contributed by atoms with Crippen LogP contribution in [0.25, 0.3) is 0 Å². The van der Waals surface area contributed by atoms with Crippen LogP contribution in [-0.4, -0.2) is 16.8 Å². The maximum Gasteiger partial charge on any atom is 0.139 e. The van der Waals surface area contributed by atoms with Crippen LogP contribution in [0.5, 0.6) is 5.75 Å². The molecule has 158 valence electrons. The van der Waals surface area contributed by atoms with Crippen molar-refractivity contribution in [2.24, 2.45) is 17.3 Å². The molecule has 0 aliphatic heterocycles. The highest BCUT2D eigenvalue weighted by Gasteiger charge is 2.57. The number of aryl methyl sites for hydroxylation is 1. The lowest BCUT2D eigenvalue weighted by Gasteiger charge is -2.52. The topological polar surface area (TPSA) is 26.3 Å². The first-order chi connectivity index (χ1) is 14.6. The monoisotopic (exact) mass is 514 g/mol. The number of carbonyl (C=O) groups excluding carboxylic acids is 1. The molecule has 3 aliphatic carbocycles. The van der Waals surface area contributed by atoms with E-state index in [2.05, 4.69) is 78.0 Å². The molecule has 2 aromatic carbocycles. The molecule has 0 amide bonds. The molecule has 2 aromatic rings. The van der Waals surface area contributed by atoms with Crippen molar-refractivity contribution in [1.82, 2.24) is 0 Å². The summed E-state index contributed by atoms with van der Waals surface area (Å²) in [6, 6.07) is 17.9. The van der Waals surface area contributed by atoms with Crippen LogP contribution in [-0.2, 0) is 11.2 Å². The molecule has 0 spiro atoms. The van der Waals surface area contributed by atoms with Crippen LogP contribution in [0.3, 0.4) is 0 Å². The third-order valence-corrected chi connectivity index (χ3v) is 8.97. The Morgan fingerprint density at radius 1 is 1.07 bits per heavy atom. The predicted octanol–water partition coefficient (Wildman–Crippen LogP) is 6.71. The van der Waals surface area contributed by atoms with Gasteiger partial charge in [0.05, 0.1) is 6.61 Å². The van der Waals surface area contributed by atoms with Gasteiger partial charge in [-0.15, -0.1) is 0 Å². The fourth-order valence-electron chi connectivity index (χ4n) is 6.80. The summed E-state index contributed by atoms with van der Waals surface area (Å²) in [7, 11) is 0. The van der Waals surface area contributed by atoms with Gasteiger partial charge in [-0.1, -0.05) is 65.9 Å². The van der Waals surface area contributed by atoms with Crippen LogP contribution in [0, 0.1) is 17.3 Å². The van der Waals surface area contributed by atoms with Gasteiger partial charge >= 0.3 is 0 Å². The van der Waals surface area contributed by atoms with Gasteiger partial charge in [0.25, 0.3) is 0 Å². The molecular formula is C27H31IO2. The summed E-state index contributed by atoms with van der Waals surface area (Å²) in [5, 5.41) is 0. The van der Waals surface area contributed by atoms with Gasteiger partial charge in [0.2, 0.25) is 0 Å². The van der Waals surface area contributed by atoms with Gasteiger partial charge in [-0.3, -0.25) is 4.79 Å². The van der Waals surface area contributed by atoms with E-state index >= 15 is 0 Å². The van der Waals surface area contributed by atoms with E-state index in [-0.39, 0.29) is 5.41 Å². The summed E-state index contributed by atoms with van der Waals surface area (Å²) in [5.41, 5.74) is 4.30. The summed E-state index contributed by atoms with van der Waals surface area (Å²) in [6.45, 7) is 3.05. The second kappa shape index (κ2) is 8.29. The van der Waals surface area contributed by atoms with Gasteiger partial charge in [-0.2, -0.15) is 0 Å². The molecular weight excluding hydrogens is 483 g/mol. The Bertz CT molecular complexity index is 921. The van der Waals surface area contributed by atoms with Crippen molar-refractivity contribution in [2.45, 2.75) is 57.3 Å². The zero-order chi connectivity index (χ0) is 20.7. The molecule has 30 heavy (non-hydrogen) atoms. The van der Waals surface area contributed by atoms with Crippen molar-refractivity contribution in [3.8, 4) is 5.75 Å². The SMILES string of the molecule is C[C@]12C[C@H](c3ccc(OCCCI)cc3)[C@@H]3c4ccccc4CC[C@H]3[C@@H]1CCC2=O. The molecule has 2 saturated carbocycles.